The third-order valence-corrected chi connectivity index (χ3v) is 5.99. The fourth-order valence-electron chi connectivity index (χ4n) is 3.83. The number of rotatable bonds is 6. The van der Waals surface area contributed by atoms with E-state index in [2.05, 4.69) is 10.1 Å². The third kappa shape index (κ3) is 5.45. The van der Waals surface area contributed by atoms with Crippen LogP contribution in [0, 0.1) is 0 Å². The van der Waals surface area contributed by atoms with Gasteiger partial charge in [-0.05, 0) is 54.1 Å². The van der Waals surface area contributed by atoms with Crippen LogP contribution in [0.3, 0.4) is 0 Å². The Kier molecular flexibility index (Phi) is 6.98. The minimum Gasteiger partial charge on any atom is -0.488 e. The Morgan fingerprint density at radius 2 is 1.66 bits per heavy atom. The maximum absolute atomic E-state index is 13.4. The average Bonchev–Trinajstić information content (AvgIpc) is 2.92. The van der Waals surface area contributed by atoms with E-state index in [9.17, 15) is 18.0 Å². The van der Waals surface area contributed by atoms with Gasteiger partial charge in [0.2, 0.25) is 0 Å². The molecule has 0 radical (unpaired) electrons. The minimum atomic E-state index is -4.55. The monoisotopic (exact) mass is 533 g/mol. The zero-order valence-electron chi connectivity index (χ0n) is 19.7. The fourth-order valence-corrected chi connectivity index (χ4v) is 3.96. The molecule has 0 aliphatic heterocycles. The summed E-state index contributed by atoms with van der Waals surface area (Å²) >= 11 is 5.94. The van der Waals surface area contributed by atoms with E-state index in [-0.39, 0.29) is 23.4 Å². The van der Waals surface area contributed by atoms with Crippen molar-refractivity contribution in [3.8, 4) is 17.1 Å². The quantitative estimate of drug-likeness (QED) is 0.217. The predicted molar refractivity (Wildman–Crippen MR) is 142 cm³/mol. The highest BCUT2D eigenvalue weighted by Gasteiger charge is 2.31. The van der Waals surface area contributed by atoms with Gasteiger partial charge in [-0.2, -0.15) is 22.9 Å². The third-order valence-electron chi connectivity index (χ3n) is 5.74. The first-order valence-electron chi connectivity index (χ1n) is 11.5. The first-order valence-corrected chi connectivity index (χ1v) is 11.9. The lowest BCUT2D eigenvalue weighted by molar-refractivity contribution is -0.137. The lowest BCUT2D eigenvalue weighted by atomic mass is 10.1. The van der Waals surface area contributed by atoms with Crippen molar-refractivity contribution in [2.24, 2.45) is 5.10 Å². The molecule has 0 saturated carbocycles. The van der Waals surface area contributed by atoms with Crippen molar-refractivity contribution in [3.63, 3.8) is 0 Å². The van der Waals surface area contributed by atoms with Crippen LogP contribution >= 0.6 is 11.6 Å². The van der Waals surface area contributed by atoms with Crippen molar-refractivity contribution in [2.45, 2.75) is 12.8 Å². The van der Waals surface area contributed by atoms with E-state index in [1.807, 2.05) is 12.1 Å². The number of para-hydroxylation sites is 2. The van der Waals surface area contributed by atoms with E-state index in [0.29, 0.717) is 21.9 Å². The number of alkyl halides is 3. The Labute approximate surface area is 220 Å². The lowest BCUT2D eigenvalue weighted by Crippen LogP contribution is -2.20. The number of nitrogens with zero attached hydrogens (tertiary/aromatic N) is 3. The zero-order chi connectivity index (χ0) is 26.7. The van der Waals surface area contributed by atoms with E-state index in [1.54, 1.807) is 60.7 Å². The molecule has 0 aliphatic carbocycles. The molecule has 4 aromatic carbocycles. The second kappa shape index (κ2) is 10.5. The van der Waals surface area contributed by atoms with Crippen molar-refractivity contribution in [2.75, 3.05) is 0 Å². The molecule has 38 heavy (non-hydrogen) atoms. The normalized spacial score (nSPS) is 11.8. The Hall–Kier alpha value is -4.43. The van der Waals surface area contributed by atoms with Crippen LogP contribution in [0.15, 0.2) is 107 Å². The molecule has 5 aromatic rings. The fraction of sp³-hybridized carbons (Fsp3) is 0.0690. The number of ether oxygens (including phenoxy) is 1. The van der Waals surface area contributed by atoms with Crippen molar-refractivity contribution in [1.82, 2.24) is 9.66 Å². The number of hydrogen-bond donors (Lipinski definition) is 0. The van der Waals surface area contributed by atoms with Crippen LogP contribution in [0.1, 0.15) is 16.7 Å². The molecule has 0 spiro atoms. The van der Waals surface area contributed by atoms with Crippen LogP contribution in [-0.4, -0.2) is 15.9 Å². The first kappa shape index (κ1) is 25.2. The highest BCUT2D eigenvalue weighted by Crippen LogP contribution is 2.32. The molecule has 0 saturated heterocycles. The molecule has 0 bridgehead atoms. The van der Waals surface area contributed by atoms with Crippen molar-refractivity contribution in [1.29, 1.82) is 0 Å². The summed E-state index contributed by atoms with van der Waals surface area (Å²) in [5, 5.41) is 5.26. The predicted octanol–water partition coefficient (Wildman–Crippen LogP) is 7.20. The van der Waals surface area contributed by atoms with Gasteiger partial charge in [0.15, 0.2) is 5.82 Å². The largest absolute Gasteiger partial charge is 0.488 e. The highest BCUT2D eigenvalue weighted by atomic mass is 35.5. The molecule has 1 heterocycles. The number of aromatic nitrogens is 2. The van der Waals surface area contributed by atoms with Gasteiger partial charge in [-0.25, -0.2) is 4.98 Å². The molecule has 1 aromatic heterocycles. The van der Waals surface area contributed by atoms with Crippen LogP contribution in [0.5, 0.6) is 5.75 Å². The molecule has 9 heteroatoms. The van der Waals surface area contributed by atoms with Crippen molar-refractivity contribution >= 4 is 28.7 Å². The number of benzene rings is 4. The van der Waals surface area contributed by atoms with Crippen LogP contribution in [0.4, 0.5) is 13.2 Å². The number of fused-ring (bicyclic) bond motifs is 1. The Balaban J connectivity index is 1.56. The van der Waals surface area contributed by atoms with Gasteiger partial charge in [0.25, 0.3) is 5.56 Å². The van der Waals surface area contributed by atoms with Crippen LogP contribution in [0.25, 0.3) is 22.3 Å². The SMILES string of the molecule is O=c1c2ccccc2nc(-c2cccc(C(F)(F)F)c2)n1N=Cc1ccccc1OCc1ccc(Cl)cc1. The van der Waals surface area contributed by atoms with Gasteiger partial charge in [-0.15, -0.1) is 0 Å². The topological polar surface area (TPSA) is 56.5 Å². The minimum absolute atomic E-state index is 0.0180. The van der Waals surface area contributed by atoms with E-state index < -0.39 is 17.3 Å². The standard InChI is InChI=1S/C29H19ClF3N3O2/c30-23-14-12-19(13-15-23)18-38-26-11-4-1-6-21(26)17-34-36-27(20-7-5-8-22(16-20)29(31,32)33)35-25-10-3-2-9-24(25)28(36)37/h1-17H,18H2. The second-order valence-corrected chi connectivity index (χ2v) is 8.78. The van der Waals surface area contributed by atoms with Gasteiger partial charge in [-0.3, -0.25) is 4.79 Å². The van der Waals surface area contributed by atoms with Gasteiger partial charge >= 0.3 is 6.18 Å². The van der Waals surface area contributed by atoms with E-state index >= 15 is 0 Å². The molecular weight excluding hydrogens is 515 g/mol. The summed E-state index contributed by atoms with van der Waals surface area (Å²) in [4.78, 5) is 17.9. The molecule has 0 unspecified atom stereocenters. The maximum atomic E-state index is 13.4. The molecule has 0 aliphatic rings. The number of hydrogen-bond acceptors (Lipinski definition) is 4. The Morgan fingerprint density at radius 1 is 0.921 bits per heavy atom. The molecular formula is C29H19ClF3N3O2. The summed E-state index contributed by atoms with van der Waals surface area (Å²) in [7, 11) is 0. The highest BCUT2D eigenvalue weighted by molar-refractivity contribution is 6.30. The average molecular weight is 534 g/mol. The van der Waals surface area contributed by atoms with Crippen molar-refractivity contribution in [3.05, 3.63) is 129 Å². The molecule has 0 amide bonds. The molecule has 190 valence electrons. The first-order chi connectivity index (χ1) is 18.3. The van der Waals surface area contributed by atoms with Crippen molar-refractivity contribution < 1.29 is 17.9 Å². The summed E-state index contributed by atoms with van der Waals surface area (Å²) < 4.78 is 47.2. The van der Waals surface area contributed by atoms with Gasteiger partial charge in [0.05, 0.1) is 22.7 Å². The molecule has 0 N–H and O–H groups in total. The van der Waals surface area contributed by atoms with Gasteiger partial charge < -0.3 is 4.74 Å². The second-order valence-electron chi connectivity index (χ2n) is 8.35. The molecule has 5 rings (SSSR count). The summed E-state index contributed by atoms with van der Waals surface area (Å²) in [5.41, 5.74) is 0.558. The van der Waals surface area contributed by atoms with Gasteiger partial charge in [0, 0.05) is 16.1 Å². The van der Waals surface area contributed by atoms with E-state index in [1.165, 1.54) is 18.3 Å². The van der Waals surface area contributed by atoms with E-state index in [4.69, 9.17) is 16.3 Å². The summed E-state index contributed by atoms with van der Waals surface area (Å²) in [6.07, 6.45) is -3.13. The number of halogens is 4. The van der Waals surface area contributed by atoms with Gasteiger partial charge in [-0.1, -0.05) is 60.1 Å². The maximum Gasteiger partial charge on any atom is 0.416 e. The molecule has 5 nitrogen and oxygen atoms in total. The molecule has 0 atom stereocenters. The van der Waals surface area contributed by atoms with Crippen LogP contribution < -0.4 is 10.3 Å². The van der Waals surface area contributed by atoms with Gasteiger partial charge in [0.1, 0.15) is 12.4 Å². The summed E-state index contributed by atoms with van der Waals surface area (Å²) in [6.45, 7) is 0.273. The Morgan fingerprint density at radius 3 is 2.45 bits per heavy atom. The molecule has 0 fully saturated rings. The summed E-state index contributed by atoms with van der Waals surface area (Å²) in [5.74, 6) is 0.490. The van der Waals surface area contributed by atoms with Crippen LogP contribution in [0.2, 0.25) is 5.02 Å². The smallest absolute Gasteiger partial charge is 0.416 e. The lowest BCUT2D eigenvalue weighted by Gasteiger charge is -2.12. The Bertz CT molecular complexity index is 1700. The zero-order valence-corrected chi connectivity index (χ0v) is 20.4. The van der Waals surface area contributed by atoms with Crippen LogP contribution in [-0.2, 0) is 12.8 Å². The van der Waals surface area contributed by atoms with E-state index in [0.717, 1.165) is 22.4 Å². The summed E-state index contributed by atoms with van der Waals surface area (Å²) in [6, 6.07) is 25.6.